The number of aliphatic carboxylic acids is 1. The first kappa shape index (κ1) is 27.1. The zero-order valence-corrected chi connectivity index (χ0v) is 17.9. The maximum Gasteiger partial charge on any atom is 0.328 e. The summed E-state index contributed by atoms with van der Waals surface area (Å²) >= 11 is 1.53. The van der Waals surface area contributed by atoms with Gasteiger partial charge in [0.25, 0.3) is 0 Å². The highest BCUT2D eigenvalue weighted by molar-refractivity contribution is 7.98. The van der Waals surface area contributed by atoms with Crippen LogP contribution in [0.4, 0.5) is 0 Å². The molecule has 0 aliphatic heterocycles. The van der Waals surface area contributed by atoms with Crippen LogP contribution >= 0.6 is 11.8 Å². The summed E-state index contributed by atoms with van der Waals surface area (Å²) in [7, 11) is 0. The molecule has 3 amide bonds. The highest BCUT2D eigenvalue weighted by Gasteiger charge is 2.32. The molecule has 168 valence electrons. The Balaban J connectivity index is 5.10. The highest BCUT2D eigenvalue weighted by Crippen LogP contribution is 2.05. The van der Waals surface area contributed by atoms with Gasteiger partial charge in [-0.05, 0) is 31.3 Å². The first-order valence-electron chi connectivity index (χ1n) is 9.13. The van der Waals surface area contributed by atoms with Crippen molar-refractivity contribution in [3.8, 4) is 0 Å². The molecule has 0 aromatic rings. The third-order valence-corrected chi connectivity index (χ3v) is 4.72. The molecule has 0 bridgehead atoms. The van der Waals surface area contributed by atoms with Gasteiger partial charge in [-0.15, -0.1) is 0 Å². The molecule has 0 saturated heterocycles. The van der Waals surface area contributed by atoms with Gasteiger partial charge < -0.3 is 37.0 Å². The fourth-order valence-corrected chi connectivity index (χ4v) is 2.76. The third kappa shape index (κ3) is 9.43. The average Bonchev–Trinajstić information content (AvgIpc) is 2.64. The molecule has 5 atom stereocenters. The van der Waals surface area contributed by atoms with E-state index in [4.69, 9.17) is 10.8 Å². The van der Waals surface area contributed by atoms with E-state index in [1.165, 1.54) is 18.7 Å². The quantitative estimate of drug-likeness (QED) is 0.165. The van der Waals surface area contributed by atoms with Crippen LogP contribution < -0.4 is 21.7 Å². The standard InChI is InChI=1S/C17H32N4O7S/c1-8(2)12(20-14(24)10(18)5-6-29-4)16(26)19-11(7-22)15(25)21-13(9(3)23)17(27)28/h8-13,22-23H,5-7,18H2,1-4H3,(H,19,26)(H,20,24)(H,21,25)(H,27,28). The molecule has 29 heavy (non-hydrogen) atoms. The lowest BCUT2D eigenvalue weighted by atomic mass is 10.0. The number of hydrogen-bond donors (Lipinski definition) is 7. The van der Waals surface area contributed by atoms with Crippen molar-refractivity contribution < 1.29 is 34.5 Å². The van der Waals surface area contributed by atoms with Crippen LogP contribution in [0.1, 0.15) is 27.2 Å². The van der Waals surface area contributed by atoms with Gasteiger partial charge in [-0.25, -0.2) is 4.79 Å². The lowest BCUT2D eigenvalue weighted by molar-refractivity contribution is -0.145. The number of nitrogens with two attached hydrogens (primary N) is 1. The maximum atomic E-state index is 12.6. The van der Waals surface area contributed by atoms with Gasteiger partial charge in [0.05, 0.1) is 18.8 Å². The molecular formula is C17H32N4O7S. The molecule has 8 N–H and O–H groups in total. The number of carbonyl (C=O) groups is 4. The maximum absolute atomic E-state index is 12.6. The van der Waals surface area contributed by atoms with E-state index < -0.39 is 60.6 Å². The van der Waals surface area contributed by atoms with Gasteiger partial charge in [0, 0.05) is 0 Å². The van der Waals surface area contributed by atoms with Gasteiger partial charge in [0.1, 0.15) is 12.1 Å². The van der Waals surface area contributed by atoms with Crippen LogP contribution in [0.5, 0.6) is 0 Å². The molecule has 0 rings (SSSR count). The van der Waals surface area contributed by atoms with Gasteiger partial charge in [0.15, 0.2) is 6.04 Å². The number of carboxylic acid groups (broad SMARTS) is 1. The van der Waals surface area contributed by atoms with Crippen molar-refractivity contribution in [2.45, 2.75) is 57.5 Å². The number of hydrogen-bond acceptors (Lipinski definition) is 8. The minimum Gasteiger partial charge on any atom is -0.480 e. The summed E-state index contributed by atoms with van der Waals surface area (Å²) in [5.41, 5.74) is 5.80. The molecule has 0 heterocycles. The summed E-state index contributed by atoms with van der Waals surface area (Å²) < 4.78 is 0. The van der Waals surface area contributed by atoms with Crippen molar-refractivity contribution in [2.24, 2.45) is 11.7 Å². The second kappa shape index (κ2) is 13.4. The van der Waals surface area contributed by atoms with Crippen LogP contribution in [0.2, 0.25) is 0 Å². The summed E-state index contributed by atoms with van der Waals surface area (Å²) in [6.45, 7) is 3.73. The van der Waals surface area contributed by atoms with Crippen molar-refractivity contribution in [2.75, 3.05) is 18.6 Å². The van der Waals surface area contributed by atoms with Crippen LogP contribution in [-0.2, 0) is 19.2 Å². The van der Waals surface area contributed by atoms with E-state index in [1.54, 1.807) is 13.8 Å². The van der Waals surface area contributed by atoms with Gasteiger partial charge >= 0.3 is 5.97 Å². The number of rotatable bonds is 13. The molecular weight excluding hydrogens is 404 g/mol. The lowest BCUT2D eigenvalue weighted by Gasteiger charge is -2.26. The first-order chi connectivity index (χ1) is 13.5. The topological polar surface area (TPSA) is 191 Å². The molecule has 0 aliphatic rings. The van der Waals surface area contributed by atoms with E-state index in [2.05, 4.69) is 10.6 Å². The molecule has 0 radical (unpaired) electrons. The van der Waals surface area contributed by atoms with E-state index in [1.807, 2.05) is 11.6 Å². The Bertz CT molecular complexity index is 574. The Labute approximate surface area is 174 Å². The minimum absolute atomic E-state index is 0.349. The second-order valence-corrected chi connectivity index (χ2v) is 7.91. The van der Waals surface area contributed by atoms with Crippen LogP contribution in [0.25, 0.3) is 0 Å². The zero-order chi connectivity index (χ0) is 22.7. The average molecular weight is 437 g/mol. The Hall–Kier alpha value is -1.89. The molecule has 0 aliphatic carbocycles. The van der Waals surface area contributed by atoms with E-state index in [-0.39, 0.29) is 5.92 Å². The van der Waals surface area contributed by atoms with E-state index in [0.717, 1.165) is 0 Å². The van der Waals surface area contributed by atoms with Crippen molar-refractivity contribution in [1.82, 2.24) is 16.0 Å². The normalized spacial score (nSPS) is 16.3. The number of aliphatic hydroxyl groups excluding tert-OH is 2. The second-order valence-electron chi connectivity index (χ2n) is 6.93. The molecule has 12 heteroatoms. The Morgan fingerprint density at radius 2 is 1.52 bits per heavy atom. The smallest absolute Gasteiger partial charge is 0.328 e. The van der Waals surface area contributed by atoms with Gasteiger partial charge in [0.2, 0.25) is 17.7 Å². The van der Waals surface area contributed by atoms with Gasteiger partial charge in [-0.1, -0.05) is 13.8 Å². The number of aliphatic hydroxyl groups is 2. The number of amides is 3. The zero-order valence-electron chi connectivity index (χ0n) is 17.0. The number of thioether (sulfide) groups is 1. The molecule has 0 aromatic carbocycles. The SMILES string of the molecule is CSCCC(N)C(=O)NC(C(=O)NC(CO)C(=O)NC(C(=O)O)C(C)O)C(C)C. The van der Waals surface area contributed by atoms with Crippen molar-refractivity contribution in [3.05, 3.63) is 0 Å². The van der Waals surface area contributed by atoms with E-state index >= 15 is 0 Å². The minimum atomic E-state index is -1.61. The molecule has 0 spiro atoms. The van der Waals surface area contributed by atoms with Crippen LogP contribution in [0.3, 0.4) is 0 Å². The summed E-state index contributed by atoms with van der Waals surface area (Å²) in [6, 6.07) is -4.89. The largest absolute Gasteiger partial charge is 0.480 e. The predicted molar refractivity (Wildman–Crippen MR) is 108 cm³/mol. The Morgan fingerprint density at radius 1 is 0.966 bits per heavy atom. The summed E-state index contributed by atoms with van der Waals surface area (Å²) in [4.78, 5) is 48.0. The van der Waals surface area contributed by atoms with Gasteiger partial charge in [-0.3, -0.25) is 14.4 Å². The fourth-order valence-electron chi connectivity index (χ4n) is 2.27. The molecule has 0 aromatic heterocycles. The fraction of sp³-hybridized carbons (Fsp3) is 0.765. The molecule has 0 saturated carbocycles. The van der Waals surface area contributed by atoms with Crippen molar-refractivity contribution in [1.29, 1.82) is 0 Å². The lowest BCUT2D eigenvalue weighted by Crippen LogP contribution is -2.60. The Morgan fingerprint density at radius 3 is 1.93 bits per heavy atom. The summed E-state index contributed by atoms with van der Waals surface area (Å²) in [5, 5.41) is 34.8. The number of carboxylic acids is 1. The van der Waals surface area contributed by atoms with Crippen molar-refractivity contribution >= 4 is 35.5 Å². The van der Waals surface area contributed by atoms with Gasteiger partial charge in [-0.2, -0.15) is 11.8 Å². The van der Waals surface area contributed by atoms with Crippen LogP contribution in [0, 0.1) is 5.92 Å². The van der Waals surface area contributed by atoms with E-state index in [0.29, 0.717) is 12.2 Å². The predicted octanol–water partition coefficient (Wildman–Crippen LogP) is -2.37. The van der Waals surface area contributed by atoms with Crippen LogP contribution in [0.15, 0.2) is 0 Å². The molecule has 0 fully saturated rings. The highest BCUT2D eigenvalue weighted by atomic mass is 32.2. The first-order valence-corrected chi connectivity index (χ1v) is 10.5. The van der Waals surface area contributed by atoms with Crippen LogP contribution in [-0.4, -0.2) is 87.9 Å². The summed E-state index contributed by atoms with van der Waals surface area (Å²) in [5.74, 6) is -3.38. The number of carbonyl (C=O) groups excluding carboxylic acids is 3. The van der Waals surface area contributed by atoms with E-state index in [9.17, 15) is 29.4 Å². The molecule has 11 nitrogen and oxygen atoms in total. The molecule has 5 unspecified atom stereocenters. The van der Waals surface area contributed by atoms with Crippen molar-refractivity contribution in [3.63, 3.8) is 0 Å². The number of nitrogens with one attached hydrogen (secondary N) is 3. The third-order valence-electron chi connectivity index (χ3n) is 4.08. The monoisotopic (exact) mass is 436 g/mol. The summed E-state index contributed by atoms with van der Waals surface area (Å²) in [6.07, 6.45) is 0.912. The Kier molecular flexibility index (Phi) is 12.5.